The van der Waals surface area contributed by atoms with Crippen molar-refractivity contribution in [3.8, 4) is 22.4 Å². The zero-order valence-electron chi connectivity index (χ0n) is 21.0. The minimum absolute atomic E-state index is 0.612. The number of rotatable bonds is 5. The van der Waals surface area contributed by atoms with E-state index >= 15 is 0 Å². The van der Waals surface area contributed by atoms with Gasteiger partial charge in [0.15, 0.2) is 5.65 Å². The van der Waals surface area contributed by atoms with Crippen LogP contribution < -0.4 is 4.90 Å². The highest BCUT2D eigenvalue weighted by Crippen LogP contribution is 2.39. The van der Waals surface area contributed by atoms with Crippen LogP contribution in [0, 0.1) is 6.92 Å². The van der Waals surface area contributed by atoms with Crippen molar-refractivity contribution in [1.82, 2.24) is 19.6 Å². The topological polar surface area (TPSA) is 66.5 Å². The van der Waals surface area contributed by atoms with E-state index in [2.05, 4.69) is 17.0 Å². The van der Waals surface area contributed by atoms with Crippen LogP contribution in [-0.4, -0.2) is 43.4 Å². The molecule has 5 aromatic rings. The standard InChI is InChI=1S/C30H27Cl2N5O/c1-20-33-28-26(22-11-13-23(31)14-12-22)27(24-9-5-6-10-25(24)32)35-37(28)29(34-20)36-17-15-30(38,16-18-36)19-21-7-3-2-4-8-21/h2-14,38H,15-19H2,1H3. The highest BCUT2D eigenvalue weighted by Gasteiger charge is 2.34. The molecule has 3 aromatic carbocycles. The molecule has 0 amide bonds. The number of anilines is 1. The smallest absolute Gasteiger partial charge is 0.230 e. The molecule has 0 bridgehead atoms. The van der Waals surface area contributed by atoms with Gasteiger partial charge in [-0.25, -0.2) is 4.98 Å². The number of halogens is 2. The van der Waals surface area contributed by atoms with Crippen LogP contribution in [0.5, 0.6) is 0 Å². The first-order chi connectivity index (χ1) is 18.4. The van der Waals surface area contributed by atoms with Crippen LogP contribution in [-0.2, 0) is 6.42 Å². The fourth-order valence-electron chi connectivity index (χ4n) is 5.23. The van der Waals surface area contributed by atoms with E-state index in [-0.39, 0.29) is 0 Å². The Hall–Kier alpha value is -3.45. The van der Waals surface area contributed by atoms with Crippen molar-refractivity contribution in [2.75, 3.05) is 18.0 Å². The Morgan fingerprint density at radius 3 is 2.26 bits per heavy atom. The molecule has 3 heterocycles. The van der Waals surface area contributed by atoms with E-state index in [1.807, 2.05) is 78.2 Å². The van der Waals surface area contributed by atoms with E-state index in [0.29, 0.717) is 59.8 Å². The number of piperidine rings is 1. The molecule has 0 radical (unpaired) electrons. The first-order valence-electron chi connectivity index (χ1n) is 12.7. The molecule has 0 spiro atoms. The molecule has 1 aliphatic rings. The molecular formula is C30H27Cl2N5O. The van der Waals surface area contributed by atoms with Gasteiger partial charge >= 0.3 is 0 Å². The quantitative estimate of drug-likeness (QED) is 0.269. The van der Waals surface area contributed by atoms with Crippen LogP contribution in [0.4, 0.5) is 5.95 Å². The van der Waals surface area contributed by atoms with Gasteiger partial charge in [-0.2, -0.15) is 14.6 Å². The van der Waals surface area contributed by atoms with Crippen LogP contribution in [0.3, 0.4) is 0 Å². The number of nitrogens with zero attached hydrogens (tertiary/aromatic N) is 5. The first-order valence-corrected chi connectivity index (χ1v) is 13.5. The van der Waals surface area contributed by atoms with Crippen molar-refractivity contribution in [1.29, 1.82) is 0 Å². The monoisotopic (exact) mass is 543 g/mol. The SMILES string of the molecule is Cc1nc(N2CCC(O)(Cc3ccccc3)CC2)n2nc(-c3ccccc3Cl)c(-c3ccc(Cl)cc3)c2n1. The molecule has 0 atom stereocenters. The minimum Gasteiger partial charge on any atom is -0.389 e. The molecule has 0 aliphatic carbocycles. The lowest BCUT2D eigenvalue weighted by atomic mass is 9.85. The van der Waals surface area contributed by atoms with Crippen molar-refractivity contribution in [3.63, 3.8) is 0 Å². The summed E-state index contributed by atoms with van der Waals surface area (Å²) in [4.78, 5) is 11.8. The second-order valence-electron chi connectivity index (χ2n) is 9.89. The molecule has 1 saturated heterocycles. The maximum Gasteiger partial charge on any atom is 0.230 e. The van der Waals surface area contributed by atoms with Gasteiger partial charge in [0.25, 0.3) is 0 Å². The first kappa shape index (κ1) is 24.9. The second kappa shape index (κ2) is 10.0. The van der Waals surface area contributed by atoms with E-state index in [1.165, 1.54) is 0 Å². The molecule has 6 rings (SSSR count). The second-order valence-corrected chi connectivity index (χ2v) is 10.7. The highest BCUT2D eigenvalue weighted by molar-refractivity contribution is 6.33. The van der Waals surface area contributed by atoms with Crippen molar-refractivity contribution >= 4 is 34.8 Å². The lowest BCUT2D eigenvalue weighted by molar-refractivity contribution is 0.0162. The minimum atomic E-state index is -0.750. The summed E-state index contributed by atoms with van der Waals surface area (Å²) >= 11 is 12.8. The lowest BCUT2D eigenvalue weighted by Gasteiger charge is -2.38. The zero-order chi connectivity index (χ0) is 26.3. The van der Waals surface area contributed by atoms with E-state index in [9.17, 15) is 5.11 Å². The fourth-order valence-corrected chi connectivity index (χ4v) is 5.58. The molecule has 6 nitrogen and oxygen atoms in total. The summed E-state index contributed by atoms with van der Waals surface area (Å²) in [7, 11) is 0. The average Bonchev–Trinajstić information content (AvgIpc) is 3.29. The van der Waals surface area contributed by atoms with Gasteiger partial charge in [0.1, 0.15) is 11.5 Å². The third-order valence-electron chi connectivity index (χ3n) is 7.19. The third-order valence-corrected chi connectivity index (χ3v) is 7.78. The van der Waals surface area contributed by atoms with Gasteiger partial charge < -0.3 is 10.0 Å². The van der Waals surface area contributed by atoms with Crippen LogP contribution in [0.25, 0.3) is 28.0 Å². The number of fused-ring (bicyclic) bond motifs is 1. The maximum absolute atomic E-state index is 11.3. The molecule has 0 unspecified atom stereocenters. The van der Waals surface area contributed by atoms with Gasteiger partial charge in [0.05, 0.1) is 16.2 Å². The summed E-state index contributed by atoms with van der Waals surface area (Å²) in [5.74, 6) is 1.36. The van der Waals surface area contributed by atoms with Crippen molar-refractivity contribution in [2.24, 2.45) is 0 Å². The Kier molecular flexibility index (Phi) is 6.56. The Bertz CT molecular complexity index is 1590. The predicted molar refractivity (Wildman–Crippen MR) is 153 cm³/mol. The average molecular weight is 544 g/mol. The van der Waals surface area contributed by atoms with Gasteiger partial charge in [-0.1, -0.05) is 83.9 Å². The summed E-state index contributed by atoms with van der Waals surface area (Å²) in [6.07, 6.45) is 1.91. The molecule has 8 heteroatoms. The highest BCUT2D eigenvalue weighted by atomic mass is 35.5. The molecule has 1 fully saturated rings. The zero-order valence-corrected chi connectivity index (χ0v) is 22.5. The van der Waals surface area contributed by atoms with E-state index < -0.39 is 5.60 Å². The van der Waals surface area contributed by atoms with Gasteiger partial charge in [-0.15, -0.1) is 0 Å². The van der Waals surface area contributed by atoms with Crippen molar-refractivity contribution < 1.29 is 5.11 Å². The molecule has 38 heavy (non-hydrogen) atoms. The molecule has 192 valence electrons. The maximum atomic E-state index is 11.3. The number of aliphatic hydroxyl groups is 1. The summed E-state index contributed by atoms with van der Waals surface area (Å²) < 4.78 is 1.82. The molecule has 1 N–H and O–H groups in total. The summed E-state index contributed by atoms with van der Waals surface area (Å²) in [5, 5.41) is 17.7. The fraction of sp³-hybridized carbons (Fsp3) is 0.233. The molecule has 1 aliphatic heterocycles. The van der Waals surface area contributed by atoms with Crippen LogP contribution >= 0.6 is 23.2 Å². The van der Waals surface area contributed by atoms with E-state index in [0.717, 1.165) is 27.9 Å². The van der Waals surface area contributed by atoms with Gasteiger partial charge in [0.2, 0.25) is 5.95 Å². The van der Waals surface area contributed by atoms with Crippen LogP contribution in [0.1, 0.15) is 24.2 Å². The van der Waals surface area contributed by atoms with Crippen molar-refractivity contribution in [2.45, 2.75) is 31.8 Å². The summed E-state index contributed by atoms with van der Waals surface area (Å²) in [6, 6.07) is 25.5. The Balaban J connectivity index is 1.43. The largest absolute Gasteiger partial charge is 0.389 e. The Morgan fingerprint density at radius 1 is 0.868 bits per heavy atom. The van der Waals surface area contributed by atoms with Gasteiger partial charge in [-0.3, -0.25) is 0 Å². The third kappa shape index (κ3) is 4.75. The number of aryl methyl sites for hydroxylation is 1. The number of benzene rings is 3. The number of hydrogen-bond acceptors (Lipinski definition) is 5. The van der Waals surface area contributed by atoms with Crippen LogP contribution in [0.15, 0.2) is 78.9 Å². The molecular weight excluding hydrogens is 517 g/mol. The van der Waals surface area contributed by atoms with Gasteiger partial charge in [-0.05, 0) is 49.1 Å². The number of aromatic nitrogens is 4. The normalized spacial score (nSPS) is 15.2. The number of hydrogen-bond donors (Lipinski definition) is 1. The van der Waals surface area contributed by atoms with E-state index in [4.69, 9.17) is 38.3 Å². The Labute approximate surface area is 231 Å². The van der Waals surface area contributed by atoms with Crippen LogP contribution in [0.2, 0.25) is 10.0 Å². The van der Waals surface area contributed by atoms with Gasteiger partial charge in [0, 0.05) is 30.1 Å². The van der Waals surface area contributed by atoms with E-state index in [1.54, 1.807) is 0 Å². The lowest BCUT2D eigenvalue weighted by Crippen LogP contribution is -2.46. The summed E-state index contributed by atoms with van der Waals surface area (Å²) in [6.45, 7) is 3.21. The van der Waals surface area contributed by atoms with Crippen molar-refractivity contribution in [3.05, 3.63) is 100 Å². The molecule has 0 saturated carbocycles. The molecule has 2 aromatic heterocycles. The summed E-state index contributed by atoms with van der Waals surface area (Å²) in [5.41, 5.74) is 4.47. The predicted octanol–water partition coefficient (Wildman–Crippen LogP) is 6.65. The Morgan fingerprint density at radius 2 is 1.55 bits per heavy atom.